The molecule has 0 radical (unpaired) electrons. The van der Waals surface area contributed by atoms with E-state index in [4.69, 9.17) is 11.6 Å². The molecule has 1 aliphatic carbocycles. The summed E-state index contributed by atoms with van der Waals surface area (Å²) in [6, 6.07) is 0.536. The Morgan fingerprint density at radius 1 is 1.47 bits per heavy atom. The Balaban J connectivity index is 2.13. The number of nitrogens with zero attached hydrogens (tertiary/aromatic N) is 2. The molecule has 2 rings (SSSR count). The zero-order valence-corrected chi connectivity index (χ0v) is 12.8. The molecule has 1 heterocycles. The molecule has 4 nitrogen and oxygen atoms in total. The third-order valence-electron chi connectivity index (χ3n) is 4.27. The smallest absolute Gasteiger partial charge is 0.0848 e. The van der Waals surface area contributed by atoms with Crippen molar-refractivity contribution in [2.24, 2.45) is 0 Å². The van der Waals surface area contributed by atoms with E-state index >= 15 is 0 Å². The minimum absolute atomic E-state index is 0.536. The van der Waals surface area contributed by atoms with E-state index in [1.54, 1.807) is 0 Å². The van der Waals surface area contributed by atoms with Gasteiger partial charge >= 0.3 is 0 Å². The van der Waals surface area contributed by atoms with Crippen LogP contribution < -0.4 is 5.32 Å². The topological polar surface area (TPSA) is 50.1 Å². The Labute approximate surface area is 120 Å². The van der Waals surface area contributed by atoms with E-state index < -0.39 is 5.60 Å². The summed E-state index contributed by atoms with van der Waals surface area (Å²) in [5.74, 6) is 0. The SMILES string of the molecule is CCn1nc(C)c(Cl)c1CC1(O)CCC(NC)CC1. The van der Waals surface area contributed by atoms with Crippen LogP contribution in [0.2, 0.25) is 5.02 Å². The normalized spacial score (nSPS) is 27.7. The summed E-state index contributed by atoms with van der Waals surface area (Å²) in [6.45, 7) is 4.76. The highest BCUT2D eigenvalue weighted by Crippen LogP contribution is 2.34. The molecule has 0 aliphatic heterocycles. The van der Waals surface area contributed by atoms with Crippen molar-refractivity contribution >= 4 is 11.6 Å². The predicted molar refractivity (Wildman–Crippen MR) is 77.6 cm³/mol. The molecule has 0 bridgehead atoms. The van der Waals surface area contributed by atoms with Gasteiger partial charge in [-0.05, 0) is 46.6 Å². The lowest BCUT2D eigenvalue weighted by molar-refractivity contribution is -0.00402. The average molecular weight is 286 g/mol. The number of hydrogen-bond donors (Lipinski definition) is 2. The van der Waals surface area contributed by atoms with Crippen LogP contribution in [0.25, 0.3) is 0 Å². The molecule has 2 N–H and O–H groups in total. The summed E-state index contributed by atoms with van der Waals surface area (Å²) in [6.07, 6.45) is 4.29. The molecule has 19 heavy (non-hydrogen) atoms. The Hall–Kier alpha value is -0.580. The minimum atomic E-state index is -0.629. The molecule has 1 saturated carbocycles. The fourth-order valence-electron chi connectivity index (χ4n) is 2.97. The zero-order valence-electron chi connectivity index (χ0n) is 12.0. The average Bonchev–Trinajstić information content (AvgIpc) is 2.67. The van der Waals surface area contributed by atoms with Gasteiger partial charge < -0.3 is 10.4 Å². The lowest BCUT2D eigenvalue weighted by Crippen LogP contribution is -2.42. The van der Waals surface area contributed by atoms with Crippen molar-refractivity contribution in [3.63, 3.8) is 0 Å². The van der Waals surface area contributed by atoms with Crippen molar-refractivity contribution in [3.8, 4) is 0 Å². The Bertz CT molecular complexity index is 436. The molecule has 0 aromatic carbocycles. The lowest BCUT2D eigenvalue weighted by Gasteiger charge is -2.36. The van der Waals surface area contributed by atoms with Gasteiger partial charge in [-0.1, -0.05) is 11.6 Å². The van der Waals surface area contributed by atoms with Crippen LogP contribution in [0.3, 0.4) is 0 Å². The monoisotopic (exact) mass is 285 g/mol. The van der Waals surface area contributed by atoms with E-state index in [2.05, 4.69) is 10.4 Å². The molecule has 5 heteroatoms. The number of aliphatic hydroxyl groups is 1. The number of aromatic nitrogens is 2. The Morgan fingerprint density at radius 2 is 2.11 bits per heavy atom. The van der Waals surface area contributed by atoms with Crippen LogP contribution in [-0.2, 0) is 13.0 Å². The van der Waals surface area contributed by atoms with Crippen molar-refractivity contribution in [2.45, 2.75) is 64.1 Å². The molecule has 1 aromatic rings. The second-order valence-electron chi connectivity index (χ2n) is 5.63. The van der Waals surface area contributed by atoms with Gasteiger partial charge in [0.15, 0.2) is 0 Å². The number of halogens is 1. The predicted octanol–water partition coefficient (Wildman–Crippen LogP) is 2.30. The van der Waals surface area contributed by atoms with Crippen molar-refractivity contribution in [1.82, 2.24) is 15.1 Å². The molecule has 1 fully saturated rings. The van der Waals surface area contributed by atoms with E-state index in [9.17, 15) is 5.11 Å². The second-order valence-corrected chi connectivity index (χ2v) is 6.00. The fraction of sp³-hybridized carbons (Fsp3) is 0.786. The summed E-state index contributed by atoms with van der Waals surface area (Å²) >= 11 is 6.32. The number of aryl methyl sites for hydroxylation is 2. The van der Waals surface area contributed by atoms with Crippen LogP contribution in [-0.4, -0.2) is 33.6 Å². The molecule has 0 unspecified atom stereocenters. The first-order valence-electron chi connectivity index (χ1n) is 7.10. The maximum atomic E-state index is 10.8. The summed E-state index contributed by atoms with van der Waals surface area (Å²) in [5, 5.41) is 19.2. The standard InChI is InChI=1S/C14H24ClN3O/c1-4-18-12(13(15)10(2)17-18)9-14(19)7-5-11(16-3)6-8-14/h11,16,19H,4-9H2,1-3H3. The highest BCUT2D eigenvalue weighted by atomic mass is 35.5. The number of rotatable bonds is 4. The van der Waals surface area contributed by atoms with Gasteiger partial charge in [-0.15, -0.1) is 0 Å². The maximum absolute atomic E-state index is 10.8. The first kappa shape index (κ1) is 14.8. The van der Waals surface area contributed by atoms with E-state index in [0.717, 1.165) is 43.6 Å². The summed E-state index contributed by atoms with van der Waals surface area (Å²) in [4.78, 5) is 0. The van der Waals surface area contributed by atoms with Gasteiger partial charge in [-0.25, -0.2) is 0 Å². The number of nitrogens with one attached hydrogen (secondary N) is 1. The van der Waals surface area contributed by atoms with Crippen LogP contribution in [0.1, 0.15) is 44.0 Å². The summed E-state index contributed by atoms with van der Waals surface area (Å²) < 4.78 is 1.92. The van der Waals surface area contributed by atoms with E-state index in [-0.39, 0.29) is 0 Å². The molecule has 0 amide bonds. The maximum Gasteiger partial charge on any atom is 0.0848 e. The molecule has 1 aliphatic rings. The van der Waals surface area contributed by atoms with Crippen LogP contribution >= 0.6 is 11.6 Å². The van der Waals surface area contributed by atoms with Crippen molar-refractivity contribution in [2.75, 3.05) is 7.05 Å². The van der Waals surface area contributed by atoms with E-state index in [1.165, 1.54) is 0 Å². The van der Waals surface area contributed by atoms with Gasteiger partial charge in [-0.3, -0.25) is 4.68 Å². The quantitative estimate of drug-likeness (QED) is 0.892. The van der Waals surface area contributed by atoms with Crippen molar-refractivity contribution in [1.29, 1.82) is 0 Å². The Morgan fingerprint density at radius 3 is 2.63 bits per heavy atom. The van der Waals surface area contributed by atoms with E-state index in [0.29, 0.717) is 17.5 Å². The number of hydrogen-bond acceptors (Lipinski definition) is 3. The second kappa shape index (κ2) is 5.81. The third kappa shape index (κ3) is 3.12. The minimum Gasteiger partial charge on any atom is -0.389 e. The van der Waals surface area contributed by atoms with Crippen LogP contribution in [0.4, 0.5) is 0 Å². The van der Waals surface area contributed by atoms with Crippen LogP contribution in [0, 0.1) is 6.92 Å². The molecule has 108 valence electrons. The summed E-state index contributed by atoms with van der Waals surface area (Å²) in [5.41, 5.74) is 1.20. The third-order valence-corrected chi connectivity index (χ3v) is 4.77. The van der Waals surface area contributed by atoms with Crippen molar-refractivity contribution in [3.05, 3.63) is 16.4 Å². The van der Waals surface area contributed by atoms with Gasteiger partial charge in [-0.2, -0.15) is 5.10 Å². The summed E-state index contributed by atoms with van der Waals surface area (Å²) in [7, 11) is 1.99. The highest BCUT2D eigenvalue weighted by molar-refractivity contribution is 6.31. The molecular weight excluding hydrogens is 262 g/mol. The fourth-order valence-corrected chi connectivity index (χ4v) is 3.17. The zero-order chi connectivity index (χ0) is 14.0. The van der Waals surface area contributed by atoms with Gasteiger partial charge in [0, 0.05) is 19.0 Å². The lowest BCUT2D eigenvalue weighted by atomic mass is 9.79. The molecule has 0 spiro atoms. The Kier molecular flexibility index (Phi) is 4.54. The van der Waals surface area contributed by atoms with Gasteiger partial charge in [0.05, 0.1) is 22.0 Å². The van der Waals surface area contributed by atoms with Crippen molar-refractivity contribution < 1.29 is 5.11 Å². The largest absolute Gasteiger partial charge is 0.389 e. The first-order chi connectivity index (χ1) is 8.99. The van der Waals surface area contributed by atoms with Crippen LogP contribution in [0.15, 0.2) is 0 Å². The molecule has 0 atom stereocenters. The van der Waals surface area contributed by atoms with Gasteiger partial charge in [0.2, 0.25) is 0 Å². The molecule has 0 saturated heterocycles. The van der Waals surface area contributed by atoms with E-state index in [1.807, 2.05) is 25.6 Å². The molecule has 1 aromatic heterocycles. The van der Waals surface area contributed by atoms with Crippen LogP contribution in [0.5, 0.6) is 0 Å². The molecular formula is C14H24ClN3O. The highest BCUT2D eigenvalue weighted by Gasteiger charge is 2.34. The first-order valence-corrected chi connectivity index (χ1v) is 7.48. The van der Waals surface area contributed by atoms with Gasteiger partial charge in [0.25, 0.3) is 0 Å². The van der Waals surface area contributed by atoms with Gasteiger partial charge in [0.1, 0.15) is 0 Å².